The van der Waals surface area contributed by atoms with Gasteiger partial charge in [-0.2, -0.15) is 12.6 Å². The van der Waals surface area contributed by atoms with E-state index in [0.717, 1.165) is 5.56 Å². The zero-order chi connectivity index (χ0) is 7.56. The Morgan fingerprint density at radius 3 is 2.90 bits per heavy atom. The van der Waals surface area contributed by atoms with Gasteiger partial charge in [0, 0.05) is 11.9 Å². The number of aromatic nitrogens is 1. The van der Waals surface area contributed by atoms with Crippen LogP contribution in [-0.4, -0.2) is 4.98 Å². The molecule has 0 saturated carbocycles. The normalized spacial score (nSPS) is 9.90. The molecule has 0 radical (unpaired) electrons. The first-order chi connectivity index (χ1) is 4.74. The zero-order valence-corrected chi connectivity index (χ0v) is 6.66. The third-order valence-electron chi connectivity index (χ3n) is 1.04. The summed E-state index contributed by atoms with van der Waals surface area (Å²) in [7, 11) is 0. The van der Waals surface area contributed by atoms with Gasteiger partial charge in [-0.25, -0.2) is 9.37 Å². The SMILES string of the molecule is Fc1cc(CS)cnc1Cl. The summed E-state index contributed by atoms with van der Waals surface area (Å²) in [6, 6.07) is 1.32. The molecule has 0 N–H and O–H groups in total. The van der Waals surface area contributed by atoms with Gasteiger partial charge < -0.3 is 0 Å². The molecule has 1 heterocycles. The quantitative estimate of drug-likeness (QED) is 0.513. The summed E-state index contributed by atoms with van der Waals surface area (Å²) in [5, 5.41) is -0.0921. The minimum absolute atomic E-state index is 0.0921. The Labute approximate surface area is 68.6 Å². The number of nitrogens with zero attached hydrogens (tertiary/aromatic N) is 1. The third kappa shape index (κ3) is 1.61. The van der Waals surface area contributed by atoms with Crippen LogP contribution in [0.1, 0.15) is 5.56 Å². The Morgan fingerprint density at radius 1 is 1.70 bits per heavy atom. The Balaban J connectivity index is 3.04. The van der Waals surface area contributed by atoms with Gasteiger partial charge in [-0.1, -0.05) is 11.6 Å². The molecule has 0 amide bonds. The topological polar surface area (TPSA) is 12.9 Å². The average molecular weight is 178 g/mol. The van der Waals surface area contributed by atoms with Crippen LogP contribution >= 0.6 is 24.2 Å². The van der Waals surface area contributed by atoms with Crippen molar-refractivity contribution in [2.45, 2.75) is 5.75 Å². The summed E-state index contributed by atoms with van der Waals surface area (Å²) < 4.78 is 12.5. The van der Waals surface area contributed by atoms with Crippen molar-refractivity contribution in [3.63, 3.8) is 0 Å². The van der Waals surface area contributed by atoms with Crippen LogP contribution in [0.5, 0.6) is 0 Å². The first-order valence-corrected chi connectivity index (χ1v) is 3.66. The molecule has 1 aromatic heterocycles. The van der Waals surface area contributed by atoms with Crippen LogP contribution in [0.15, 0.2) is 12.3 Å². The highest BCUT2D eigenvalue weighted by molar-refractivity contribution is 7.79. The summed E-state index contributed by atoms with van der Waals surface area (Å²) in [6.07, 6.45) is 1.50. The lowest BCUT2D eigenvalue weighted by Crippen LogP contribution is -1.85. The van der Waals surface area contributed by atoms with Gasteiger partial charge in [-0.05, 0) is 11.6 Å². The molecule has 0 bridgehead atoms. The molecule has 1 aromatic rings. The van der Waals surface area contributed by atoms with E-state index in [1.54, 1.807) is 0 Å². The van der Waals surface area contributed by atoms with Crippen LogP contribution in [0.25, 0.3) is 0 Å². The van der Waals surface area contributed by atoms with Crippen molar-refractivity contribution in [3.8, 4) is 0 Å². The van der Waals surface area contributed by atoms with Gasteiger partial charge >= 0.3 is 0 Å². The molecule has 0 spiro atoms. The highest BCUT2D eigenvalue weighted by Gasteiger charge is 1.99. The fourth-order valence-electron chi connectivity index (χ4n) is 0.547. The molecule has 0 fully saturated rings. The van der Waals surface area contributed by atoms with Gasteiger partial charge in [0.05, 0.1) is 0 Å². The van der Waals surface area contributed by atoms with E-state index < -0.39 is 5.82 Å². The minimum Gasteiger partial charge on any atom is -0.241 e. The summed E-state index contributed by atoms with van der Waals surface area (Å²) in [5.74, 6) is -0.0191. The van der Waals surface area contributed by atoms with Crippen molar-refractivity contribution in [3.05, 3.63) is 28.8 Å². The Morgan fingerprint density at radius 2 is 2.40 bits per heavy atom. The highest BCUT2D eigenvalue weighted by Crippen LogP contribution is 2.12. The molecular weight excluding hydrogens is 173 g/mol. The van der Waals surface area contributed by atoms with Crippen molar-refractivity contribution in [2.24, 2.45) is 0 Å². The van der Waals surface area contributed by atoms with E-state index >= 15 is 0 Å². The number of rotatable bonds is 1. The molecule has 1 nitrogen and oxygen atoms in total. The van der Waals surface area contributed by atoms with Gasteiger partial charge in [0.25, 0.3) is 0 Å². The highest BCUT2D eigenvalue weighted by atomic mass is 35.5. The van der Waals surface area contributed by atoms with Crippen molar-refractivity contribution in [1.29, 1.82) is 0 Å². The van der Waals surface area contributed by atoms with E-state index in [2.05, 4.69) is 17.6 Å². The molecule has 0 aliphatic heterocycles. The van der Waals surface area contributed by atoms with Crippen molar-refractivity contribution < 1.29 is 4.39 Å². The fourth-order valence-corrected chi connectivity index (χ4v) is 0.824. The van der Waals surface area contributed by atoms with Crippen LogP contribution in [0.4, 0.5) is 4.39 Å². The molecule has 0 aliphatic rings. The van der Waals surface area contributed by atoms with Crippen molar-refractivity contribution >= 4 is 24.2 Å². The van der Waals surface area contributed by atoms with Crippen molar-refractivity contribution in [2.75, 3.05) is 0 Å². The Kier molecular flexibility index (Phi) is 2.51. The number of hydrogen-bond acceptors (Lipinski definition) is 2. The van der Waals surface area contributed by atoms with Gasteiger partial charge in [0.2, 0.25) is 0 Å². The fraction of sp³-hybridized carbons (Fsp3) is 0.167. The smallest absolute Gasteiger partial charge is 0.164 e. The summed E-state index contributed by atoms with van der Waals surface area (Å²) in [5.41, 5.74) is 0.727. The molecule has 0 aliphatic carbocycles. The molecule has 1 rings (SSSR count). The summed E-state index contributed by atoms with van der Waals surface area (Å²) in [4.78, 5) is 3.59. The standard InChI is InChI=1S/C6H5ClFNS/c7-6-5(8)1-4(3-10)2-9-6/h1-2,10H,3H2. The number of thiol groups is 1. The molecule has 54 valence electrons. The first kappa shape index (κ1) is 7.82. The maximum atomic E-state index is 12.5. The predicted octanol–water partition coefficient (Wildman–Crippen LogP) is 2.30. The van der Waals surface area contributed by atoms with E-state index in [4.69, 9.17) is 11.6 Å². The molecular formula is C6H5ClFNS. The lowest BCUT2D eigenvalue weighted by Gasteiger charge is -1.95. The van der Waals surface area contributed by atoms with E-state index in [-0.39, 0.29) is 5.15 Å². The first-order valence-electron chi connectivity index (χ1n) is 2.65. The third-order valence-corrected chi connectivity index (χ3v) is 1.68. The maximum absolute atomic E-state index is 12.5. The van der Waals surface area contributed by atoms with Gasteiger partial charge in [-0.15, -0.1) is 0 Å². The number of halogens is 2. The second kappa shape index (κ2) is 3.21. The number of pyridine rings is 1. The second-order valence-corrected chi connectivity index (χ2v) is 2.45. The summed E-state index contributed by atoms with van der Waals surface area (Å²) in [6.45, 7) is 0. The molecule has 10 heavy (non-hydrogen) atoms. The minimum atomic E-state index is -0.492. The van der Waals surface area contributed by atoms with Gasteiger partial charge in [-0.3, -0.25) is 0 Å². The van der Waals surface area contributed by atoms with Gasteiger partial charge in [0.15, 0.2) is 11.0 Å². The van der Waals surface area contributed by atoms with Crippen LogP contribution in [0, 0.1) is 5.82 Å². The van der Waals surface area contributed by atoms with E-state index in [9.17, 15) is 4.39 Å². The van der Waals surface area contributed by atoms with Crippen molar-refractivity contribution in [1.82, 2.24) is 4.98 Å². The van der Waals surface area contributed by atoms with E-state index in [0.29, 0.717) is 5.75 Å². The number of hydrogen-bond donors (Lipinski definition) is 1. The monoisotopic (exact) mass is 177 g/mol. The molecule has 0 saturated heterocycles. The van der Waals surface area contributed by atoms with Crippen LogP contribution in [-0.2, 0) is 5.75 Å². The second-order valence-electron chi connectivity index (χ2n) is 1.77. The maximum Gasteiger partial charge on any atom is 0.164 e. The molecule has 0 unspecified atom stereocenters. The molecule has 4 heteroatoms. The van der Waals surface area contributed by atoms with Crippen LogP contribution in [0.3, 0.4) is 0 Å². The van der Waals surface area contributed by atoms with Crippen LogP contribution < -0.4 is 0 Å². The molecule has 0 atom stereocenters. The van der Waals surface area contributed by atoms with Gasteiger partial charge in [0.1, 0.15) is 0 Å². The largest absolute Gasteiger partial charge is 0.241 e. The van der Waals surface area contributed by atoms with E-state index in [1.807, 2.05) is 0 Å². The van der Waals surface area contributed by atoms with Crippen LogP contribution in [0.2, 0.25) is 5.15 Å². The Bertz CT molecular complexity index is 241. The lowest BCUT2D eigenvalue weighted by molar-refractivity contribution is 0.620. The average Bonchev–Trinajstić information content (AvgIpc) is 1.95. The van der Waals surface area contributed by atoms with E-state index in [1.165, 1.54) is 12.3 Å². The zero-order valence-electron chi connectivity index (χ0n) is 5.01. The summed E-state index contributed by atoms with van der Waals surface area (Å²) >= 11 is 9.27. The predicted molar refractivity (Wildman–Crippen MR) is 41.9 cm³/mol. The lowest BCUT2D eigenvalue weighted by atomic mass is 10.3. The Hall–Kier alpha value is -0.280. The molecule has 0 aromatic carbocycles.